The van der Waals surface area contributed by atoms with Crippen molar-refractivity contribution in [2.45, 2.75) is 33.0 Å². The Morgan fingerprint density at radius 2 is 2.25 bits per heavy atom. The van der Waals surface area contributed by atoms with Crippen LogP contribution in [0.4, 0.5) is 5.69 Å². The van der Waals surface area contributed by atoms with Gasteiger partial charge in [-0.15, -0.1) is 0 Å². The number of aryl methyl sites for hydroxylation is 1. The fourth-order valence-corrected chi connectivity index (χ4v) is 3.23. The molecule has 0 amide bonds. The number of rotatable bonds is 2. The van der Waals surface area contributed by atoms with Crippen molar-refractivity contribution in [3.8, 4) is 0 Å². The molecule has 5 nitrogen and oxygen atoms in total. The Bertz CT molecular complexity index is 646. The van der Waals surface area contributed by atoms with Gasteiger partial charge in [-0.05, 0) is 24.5 Å². The maximum Gasteiger partial charge on any atom is 0.147 e. The lowest BCUT2D eigenvalue weighted by molar-refractivity contribution is 0.202. The molecule has 2 aliphatic rings. The van der Waals surface area contributed by atoms with E-state index in [0.717, 1.165) is 50.8 Å². The first-order chi connectivity index (χ1) is 9.79. The highest BCUT2D eigenvalue weighted by molar-refractivity contribution is 5.61. The third-order valence-electron chi connectivity index (χ3n) is 4.17. The highest BCUT2D eigenvalue weighted by Gasteiger charge is 2.21. The number of aromatic nitrogens is 3. The minimum absolute atomic E-state index is 0.879. The first-order valence-corrected chi connectivity index (χ1v) is 7.27. The van der Waals surface area contributed by atoms with Crippen LogP contribution in [0.5, 0.6) is 0 Å². The zero-order chi connectivity index (χ0) is 13.5. The number of nitrogens with one attached hydrogen (secondary N) is 1. The number of benzene rings is 1. The van der Waals surface area contributed by atoms with Crippen LogP contribution in [0.1, 0.15) is 22.8 Å². The third-order valence-corrected chi connectivity index (χ3v) is 4.17. The van der Waals surface area contributed by atoms with E-state index in [0.29, 0.717) is 0 Å². The molecule has 104 valence electrons. The standard InChI is InChI=1S/C15H19N5/c1-11-17-14-10-19(7-8-20(14)18-11)9-13-4-2-3-12-5-6-16-15(12)13/h2-4,16H,5-10H2,1H3. The molecular formula is C15H19N5. The van der Waals surface area contributed by atoms with E-state index < -0.39 is 0 Å². The number of nitrogens with zero attached hydrogens (tertiary/aromatic N) is 4. The molecule has 1 aromatic heterocycles. The fraction of sp³-hybridized carbons (Fsp3) is 0.467. The van der Waals surface area contributed by atoms with Gasteiger partial charge in [-0.25, -0.2) is 9.67 Å². The zero-order valence-electron chi connectivity index (χ0n) is 11.8. The first kappa shape index (κ1) is 11.9. The SMILES string of the molecule is Cc1nc2n(n1)CCN(Cc1cccc3c1NCC3)C2. The molecule has 0 saturated heterocycles. The summed E-state index contributed by atoms with van der Waals surface area (Å²) in [5.41, 5.74) is 4.22. The molecule has 0 atom stereocenters. The van der Waals surface area contributed by atoms with Crippen LogP contribution < -0.4 is 5.32 Å². The second kappa shape index (κ2) is 4.59. The Hall–Kier alpha value is -1.88. The van der Waals surface area contributed by atoms with E-state index in [-0.39, 0.29) is 0 Å². The lowest BCUT2D eigenvalue weighted by atomic mass is 10.1. The summed E-state index contributed by atoms with van der Waals surface area (Å²) in [5.74, 6) is 1.97. The number of fused-ring (bicyclic) bond motifs is 2. The van der Waals surface area contributed by atoms with E-state index in [9.17, 15) is 0 Å². The van der Waals surface area contributed by atoms with Crippen molar-refractivity contribution in [1.82, 2.24) is 19.7 Å². The van der Waals surface area contributed by atoms with Crippen LogP contribution in [0.3, 0.4) is 0 Å². The van der Waals surface area contributed by atoms with E-state index in [4.69, 9.17) is 0 Å². The van der Waals surface area contributed by atoms with Crippen molar-refractivity contribution in [3.05, 3.63) is 41.0 Å². The maximum absolute atomic E-state index is 4.51. The molecule has 0 aliphatic carbocycles. The highest BCUT2D eigenvalue weighted by Crippen LogP contribution is 2.28. The van der Waals surface area contributed by atoms with Crippen molar-refractivity contribution in [1.29, 1.82) is 0 Å². The first-order valence-electron chi connectivity index (χ1n) is 7.27. The van der Waals surface area contributed by atoms with Crippen molar-refractivity contribution in [2.75, 3.05) is 18.4 Å². The number of para-hydroxylation sites is 1. The van der Waals surface area contributed by atoms with E-state index in [1.54, 1.807) is 0 Å². The van der Waals surface area contributed by atoms with Crippen LogP contribution in [0, 0.1) is 6.92 Å². The molecule has 2 aromatic rings. The predicted molar refractivity (Wildman–Crippen MR) is 77.5 cm³/mol. The Kier molecular flexibility index (Phi) is 2.73. The molecule has 3 heterocycles. The van der Waals surface area contributed by atoms with Crippen molar-refractivity contribution in [3.63, 3.8) is 0 Å². The minimum atomic E-state index is 0.879. The lowest BCUT2D eigenvalue weighted by Gasteiger charge is -2.27. The van der Waals surface area contributed by atoms with E-state index in [1.165, 1.54) is 16.8 Å². The molecule has 0 spiro atoms. The molecular weight excluding hydrogens is 250 g/mol. The topological polar surface area (TPSA) is 46.0 Å². The number of hydrogen-bond donors (Lipinski definition) is 1. The molecule has 0 unspecified atom stereocenters. The van der Waals surface area contributed by atoms with E-state index >= 15 is 0 Å². The highest BCUT2D eigenvalue weighted by atomic mass is 15.4. The lowest BCUT2D eigenvalue weighted by Crippen LogP contribution is -2.34. The minimum Gasteiger partial charge on any atom is -0.384 e. The molecule has 1 N–H and O–H groups in total. The van der Waals surface area contributed by atoms with Gasteiger partial charge in [-0.3, -0.25) is 4.90 Å². The fourth-order valence-electron chi connectivity index (χ4n) is 3.23. The molecule has 20 heavy (non-hydrogen) atoms. The average Bonchev–Trinajstić information content (AvgIpc) is 3.03. The Morgan fingerprint density at radius 1 is 1.30 bits per heavy atom. The summed E-state index contributed by atoms with van der Waals surface area (Å²) in [6.07, 6.45) is 1.15. The van der Waals surface area contributed by atoms with Crippen LogP contribution >= 0.6 is 0 Å². The van der Waals surface area contributed by atoms with Gasteiger partial charge in [0.25, 0.3) is 0 Å². The molecule has 4 rings (SSSR count). The van der Waals surface area contributed by atoms with Gasteiger partial charge < -0.3 is 5.32 Å². The quantitative estimate of drug-likeness (QED) is 0.899. The summed E-state index contributed by atoms with van der Waals surface area (Å²) >= 11 is 0. The van der Waals surface area contributed by atoms with Gasteiger partial charge in [-0.1, -0.05) is 18.2 Å². The molecule has 0 fully saturated rings. The summed E-state index contributed by atoms with van der Waals surface area (Å²) in [7, 11) is 0. The van der Waals surface area contributed by atoms with Gasteiger partial charge >= 0.3 is 0 Å². The van der Waals surface area contributed by atoms with Crippen LogP contribution in [0.2, 0.25) is 0 Å². The van der Waals surface area contributed by atoms with E-state index in [2.05, 4.69) is 38.5 Å². The second-order valence-electron chi connectivity index (χ2n) is 5.64. The predicted octanol–water partition coefficient (Wildman–Crippen LogP) is 1.57. The van der Waals surface area contributed by atoms with Gasteiger partial charge in [0.1, 0.15) is 11.6 Å². The summed E-state index contributed by atoms with van der Waals surface area (Å²) in [6.45, 7) is 6.90. The van der Waals surface area contributed by atoms with Crippen molar-refractivity contribution < 1.29 is 0 Å². The number of hydrogen-bond acceptors (Lipinski definition) is 4. The largest absolute Gasteiger partial charge is 0.384 e. The molecule has 1 aromatic carbocycles. The maximum atomic E-state index is 4.51. The Morgan fingerprint density at radius 3 is 3.20 bits per heavy atom. The van der Waals surface area contributed by atoms with Crippen LogP contribution in [0.15, 0.2) is 18.2 Å². The van der Waals surface area contributed by atoms with Crippen LogP contribution in [-0.2, 0) is 26.1 Å². The normalized spacial score (nSPS) is 17.6. The Balaban J connectivity index is 1.55. The van der Waals surface area contributed by atoms with Gasteiger partial charge in [0.15, 0.2) is 0 Å². The van der Waals surface area contributed by atoms with Crippen molar-refractivity contribution >= 4 is 5.69 Å². The summed E-state index contributed by atoms with van der Waals surface area (Å²) in [5, 5.41) is 7.94. The zero-order valence-corrected chi connectivity index (χ0v) is 11.8. The molecule has 2 aliphatic heterocycles. The molecule has 0 radical (unpaired) electrons. The monoisotopic (exact) mass is 269 g/mol. The Labute approximate surface area is 118 Å². The second-order valence-corrected chi connectivity index (χ2v) is 5.64. The smallest absolute Gasteiger partial charge is 0.147 e. The van der Waals surface area contributed by atoms with Gasteiger partial charge in [0.2, 0.25) is 0 Å². The third kappa shape index (κ3) is 1.98. The molecule has 5 heteroatoms. The number of anilines is 1. The average molecular weight is 269 g/mol. The summed E-state index contributed by atoms with van der Waals surface area (Å²) < 4.78 is 2.04. The molecule has 0 bridgehead atoms. The van der Waals surface area contributed by atoms with Crippen LogP contribution in [0.25, 0.3) is 0 Å². The van der Waals surface area contributed by atoms with Gasteiger partial charge in [0.05, 0.1) is 13.1 Å². The van der Waals surface area contributed by atoms with Gasteiger partial charge in [0, 0.05) is 25.3 Å². The van der Waals surface area contributed by atoms with Crippen LogP contribution in [-0.4, -0.2) is 32.8 Å². The summed E-state index contributed by atoms with van der Waals surface area (Å²) in [4.78, 5) is 6.97. The molecule has 0 saturated carbocycles. The van der Waals surface area contributed by atoms with Gasteiger partial charge in [-0.2, -0.15) is 5.10 Å². The van der Waals surface area contributed by atoms with Crippen molar-refractivity contribution in [2.24, 2.45) is 0 Å². The summed E-state index contributed by atoms with van der Waals surface area (Å²) in [6, 6.07) is 6.65. The van der Waals surface area contributed by atoms with E-state index in [1.807, 2.05) is 11.6 Å².